The molecule has 0 heterocycles. The van der Waals surface area contributed by atoms with Crippen LogP contribution in [0, 0.1) is 0 Å². The van der Waals surface area contributed by atoms with Crippen LogP contribution in [0.1, 0.15) is 12.0 Å². The maximum atomic E-state index is 12.1. The van der Waals surface area contributed by atoms with Crippen molar-refractivity contribution in [3.8, 4) is 0 Å². The Morgan fingerprint density at radius 2 is 1.63 bits per heavy atom. The van der Waals surface area contributed by atoms with E-state index in [9.17, 15) is 34.5 Å². The standard InChI is InChI=1S/C18H23NO11/c20-7-12(21)15(25)16(26)13(22)9-29-17(27)11(6-14(23)24)19-18(28)30-8-10-4-2-1-3-5-10/h1-5,7,11-13,15-16,21-22,25-26H,6,8-9H2,(H,19,28)(H,23,24)/t11-,12-,13+,15+,16+/m0/s1. The summed E-state index contributed by atoms with van der Waals surface area (Å²) in [6.45, 7) is -1.05. The molecule has 0 fully saturated rings. The van der Waals surface area contributed by atoms with Crippen LogP contribution in [0.15, 0.2) is 30.3 Å². The fraction of sp³-hybridized carbons (Fsp3) is 0.444. The van der Waals surface area contributed by atoms with Gasteiger partial charge in [0.05, 0.1) is 6.42 Å². The molecular formula is C18H23NO11. The van der Waals surface area contributed by atoms with Gasteiger partial charge in [-0.2, -0.15) is 0 Å². The van der Waals surface area contributed by atoms with Gasteiger partial charge in [0.1, 0.15) is 43.7 Å². The van der Waals surface area contributed by atoms with Crippen molar-refractivity contribution in [1.82, 2.24) is 5.32 Å². The number of amides is 1. The average Bonchev–Trinajstić information content (AvgIpc) is 2.73. The number of rotatable bonds is 12. The van der Waals surface area contributed by atoms with E-state index in [0.29, 0.717) is 5.56 Å². The Hall–Kier alpha value is -3.06. The van der Waals surface area contributed by atoms with E-state index >= 15 is 0 Å². The number of alkyl carbamates (subject to hydrolysis) is 1. The van der Waals surface area contributed by atoms with Crippen molar-refractivity contribution in [1.29, 1.82) is 0 Å². The molecule has 0 radical (unpaired) electrons. The fourth-order valence-corrected chi connectivity index (χ4v) is 2.15. The van der Waals surface area contributed by atoms with Crippen molar-refractivity contribution in [3.05, 3.63) is 35.9 Å². The molecule has 0 saturated carbocycles. The van der Waals surface area contributed by atoms with Gasteiger partial charge >= 0.3 is 18.0 Å². The summed E-state index contributed by atoms with van der Waals surface area (Å²) < 4.78 is 9.54. The topological polar surface area (TPSA) is 200 Å². The second-order valence-corrected chi connectivity index (χ2v) is 6.16. The number of benzene rings is 1. The van der Waals surface area contributed by atoms with Crippen molar-refractivity contribution >= 4 is 24.3 Å². The summed E-state index contributed by atoms with van der Waals surface area (Å²) >= 11 is 0. The number of aldehydes is 1. The summed E-state index contributed by atoms with van der Waals surface area (Å²) in [5.41, 5.74) is 0.651. The van der Waals surface area contributed by atoms with E-state index in [1.165, 1.54) is 0 Å². The van der Waals surface area contributed by atoms with Crippen LogP contribution in [0.3, 0.4) is 0 Å². The molecular weight excluding hydrogens is 406 g/mol. The average molecular weight is 429 g/mol. The molecule has 0 saturated heterocycles. The highest BCUT2D eigenvalue weighted by Crippen LogP contribution is 2.07. The molecule has 0 aliphatic carbocycles. The smallest absolute Gasteiger partial charge is 0.408 e. The van der Waals surface area contributed by atoms with Crippen molar-refractivity contribution in [2.75, 3.05) is 6.61 Å². The van der Waals surface area contributed by atoms with Gasteiger partial charge in [-0.25, -0.2) is 9.59 Å². The van der Waals surface area contributed by atoms with Gasteiger partial charge in [0.2, 0.25) is 0 Å². The van der Waals surface area contributed by atoms with Gasteiger partial charge in [-0.15, -0.1) is 0 Å². The zero-order valence-electron chi connectivity index (χ0n) is 15.7. The molecule has 0 aliphatic rings. The molecule has 30 heavy (non-hydrogen) atoms. The van der Waals surface area contributed by atoms with Crippen LogP contribution < -0.4 is 5.32 Å². The van der Waals surface area contributed by atoms with Crippen LogP contribution >= 0.6 is 0 Å². The van der Waals surface area contributed by atoms with Crippen LogP contribution in [-0.4, -0.2) is 86.9 Å². The van der Waals surface area contributed by atoms with Gasteiger partial charge < -0.3 is 45.1 Å². The molecule has 166 valence electrons. The normalized spacial score (nSPS) is 15.7. The van der Waals surface area contributed by atoms with E-state index in [4.69, 9.17) is 14.9 Å². The number of carboxylic acids is 1. The highest BCUT2D eigenvalue weighted by atomic mass is 16.6. The molecule has 1 rings (SSSR count). The molecule has 0 bridgehead atoms. The minimum Gasteiger partial charge on any atom is -0.481 e. The number of aliphatic carboxylic acids is 1. The first kappa shape index (κ1) is 25.0. The van der Waals surface area contributed by atoms with Gasteiger partial charge in [0.15, 0.2) is 6.29 Å². The third-order valence-corrected chi connectivity index (χ3v) is 3.80. The van der Waals surface area contributed by atoms with Gasteiger partial charge in [-0.05, 0) is 5.56 Å². The second-order valence-electron chi connectivity index (χ2n) is 6.16. The molecule has 0 spiro atoms. The van der Waals surface area contributed by atoms with Crippen LogP contribution in [0.25, 0.3) is 0 Å². The lowest BCUT2D eigenvalue weighted by Gasteiger charge is -2.24. The molecule has 12 heteroatoms. The molecule has 12 nitrogen and oxygen atoms in total. The predicted octanol–water partition coefficient (Wildman–Crippen LogP) is -2.06. The largest absolute Gasteiger partial charge is 0.481 e. The maximum absolute atomic E-state index is 12.1. The van der Waals surface area contributed by atoms with Crippen molar-refractivity contribution in [3.63, 3.8) is 0 Å². The molecule has 1 amide bonds. The minimum absolute atomic E-state index is 0.0690. The first-order valence-corrected chi connectivity index (χ1v) is 8.69. The maximum Gasteiger partial charge on any atom is 0.408 e. The number of aliphatic hydroxyl groups excluding tert-OH is 4. The number of hydrogen-bond acceptors (Lipinski definition) is 10. The SMILES string of the molecule is O=C[C@H](O)[C@@H](O)[C@H](O)[C@H](O)COC(=O)[C@H](CC(=O)O)NC(=O)OCc1ccccc1. The number of carbonyl (C=O) groups excluding carboxylic acids is 3. The lowest BCUT2D eigenvalue weighted by Crippen LogP contribution is -2.48. The molecule has 0 aliphatic heterocycles. The number of ether oxygens (including phenoxy) is 2. The Balaban J connectivity index is 2.60. The van der Waals surface area contributed by atoms with E-state index in [-0.39, 0.29) is 12.9 Å². The van der Waals surface area contributed by atoms with Crippen LogP contribution in [0.5, 0.6) is 0 Å². The summed E-state index contributed by atoms with van der Waals surface area (Å²) in [6.07, 6.45) is -9.99. The van der Waals surface area contributed by atoms with Crippen molar-refractivity contribution in [2.45, 2.75) is 43.5 Å². The minimum atomic E-state index is -2.04. The Bertz CT molecular complexity index is 711. The Labute approximate surface area is 170 Å². The highest BCUT2D eigenvalue weighted by molar-refractivity contribution is 5.85. The van der Waals surface area contributed by atoms with E-state index in [2.05, 4.69) is 4.74 Å². The number of carboxylic acid groups (broad SMARTS) is 1. The highest BCUT2D eigenvalue weighted by Gasteiger charge is 2.32. The van der Waals surface area contributed by atoms with E-state index < -0.39 is 61.5 Å². The molecule has 0 aromatic heterocycles. The van der Waals surface area contributed by atoms with Crippen molar-refractivity contribution < 1.29 is 54.2 Å². The van der Waals surface area contributed by atoms with E-state index in [1.54, 1.807) is 30.3 Å². The lowest BCUT2D eigenvalue weighted by molar-refractivity contribution is -0.159. The van der Waals surface area contributed by atoms with Gasteiger partial charge in [0.25, 0.3) is 0 Å². The Kier molecular flexibility index (Phi) is 10.4. The monoisotopic (exact) mass is 429 g/mol. The second kappa shape index (κ2) is 12.5. The summed E-state index contributed by atoms with van der Waals surface area (Å²) in [7, 11) is 0. The van der Waals surface area contributed by atoms with Crippen LogP contribution in [0.4, 0.5) is 4.79 Å². The molecule has 6 N–H and O–H groups in total. The number of aliphatic hydroxyl groups is 4. The molecule has 5 atom stereocenters. The van der Waals surface area contributed by atoms with Gasteiger partial charge in [-0.1, -0.05) is 30.3 Å². The summed E-state index contributed by atoms with van der Waals surface area (Å²) in [5, 5.41) is 48.8. The third kappa shape index (κ3) is 8.53. The fourth-order valence-electron chi connectivity index (χ4n) is 2.15. The zero-order chi connectivity index (χ0) is 22.7. The van der Waals surface area contributed by atoms with E-state index in [1.807, 2.05) is 5.32 Å². The first-order valence-electron chi connectivity index (χ1n) is 8.69. The van der Waals surface area contributed by atoms with Crippen LogP contribution in [0.2, 0.25) is 0 Å². The number of nitrogens with one attached hydrogen (secondary N) is 1. The zero-order valence-corrected chi connectivity index (χ0v) is 15.7. The lowest BCUT2D eigenvalue weighted by atomic mass is 10.0. The molecule has 1 aromatic rings. The van der Waals surface area contributed by atoms with Gasteiger partial charge in [0, 0.05) is 0 Å². The predicted molar refractivity (Wildman–Crippen MR) is 96.9 cm³/mol. The number of carbonyl (C=O) groups is 4. The Morgan fingerprint density at radius 3 is 2.20 bits per heavy atom. The summed E-state index contributed by atoms with van der Waals surface area (Å²) in [4.78, 5) is 45.2. The molecule has 1 aromatic carbocycles. The van der Waals surface area contributed by atoms with E-state index in [0.717, 1.165) is 0 Å². The first-order chi connectivity index (χ1) is 14.1. The van der Waals surface area contributed by atoms with Crippen LogP contribution in [-0.2, 0) is 30.5 Å². The number of esters is 1. The quantitative estimate of drug-likeness (QED) is 0.158. The summed E-state index contributed by atoms with van der Waals surface area (Å²) in [6, 6.07) is 6.88. The summed E-state index contributed by atoms with van der Waals surface area (Å²) in [5.74, 6) is -2.70. The van der Waals surface area contributed by atoms with Crippen molar-refractivity contribution in [2.24, 2.45) is 0 Å². The number of hydrogen-bond donors (Lipinski definition) is 6. The molecule has 0 unspecified atom stereocenters. The Morgan fingerprint density at radius 1 is 1.00 bits per heavy atom. The van der Waals surface area contributed by atoms with Gasteiger partial charge in [-0.3, -0.25) is 4.79 Å². The third-order valence-electron chi connectivity index (χ3n) is 3.80.